The molecule has 0 aliphatic heterocycles. The van der Waals surface area contributed by atoms with Crippen molar-refractivity contribution in [3.8, 4) is 0 Å². The molecule has 110 valence electrons. The maximum absolute atomic E-state index is 10.6. The van der Waals surface area contributed by atoms with Crippen molar-refractivity contribution in [2.75, 3.05) is 0 Å². The molecule has 1 N–H and O–H groups in total. The van der Waals surface area contributed by atoms with Gasteiger partial charge in [-0.2, -0.15) is 0 Å². The summed E-state index contributed by atoms with van der Waals surface area (Å²) in [6, 6.07) is 14.2. The molecule has 1 aliphatic carbocycles. The molecule has 0 saturated carbocycles. The molecular weight excluding hydrogens is 348 g/mol. The van der Waals surface area contributed by atoms with Crippen LogP contribution in [0.25, 0.3) is 0 Å². The van der Waals surface area contributed by atoms with Gasteiger partial charge in [0.25, 0.3) is 0 Å². The van der Waals surface area contributed by atoms with E-state index in [0.717, 1.165) is 29.3 Å². The van der Waals surface area contributed by atoms with E-state index in [-0.39, 0.29) is 0 Å². The van der Waals surface area contributed by atoms with E-state index in [9.17, 15) is 5.11 Å². The number of hydrogen-bond donors (Lipinski definition) is 1. The van der Waals surface area contributed by atoms with E-state index in [1.165, 1.54) is 17.5 Å². The summed E-state index contributed by atoms with van der Waals surface area (Å²) < 4.78 is 0.920. The van der Waals surface area contributed by atoms with Crippen molar-refractivity contribution in [2.45, 2.75) is 37.7 Å². The van der Waals surface area contributed by atoms with E-state index in [4.69, 9.17) is 11.6 Å². The Morgan fingerprint density at radius 2 is 2.05 bits per heavy atom. The van der Waals surface area contributed by atoms with Crippen LogP contribution < -0.4 is 0 Å². The molecule has 0 saturated heterocycles. The van der Waals surface area contributed by atoms with Crippen LogP contribution in [0.5, 0.6) is 0 Å². The largest absolute Gasteiger partial charge is 0.388 e. The monoisotopic (exact) mass is 364 g/mol. The van der Waals surface area contributed by atoms with Crippen LogP contribution in [0, 0.1) is 0 Å². The molecule has 2 aromatic carbocycles. The maximum Gasteiger partial charge on any atom is 0.0807 e. The third-order valence-electron chi connectivity index (χ3n) is 4.32. The Hall–Kier alpha value is -0.830. The Balaban J connectivity index is 1.82. The molecule has 3 heteroatoms. The Morgan fingerprint density at radius 3 is 2.90 bits per heavy atom. The molecule has 0 radical (unpaired) electrons. The van der Waals surface area contributed by atoms with Gasteiger partial charge in [-0.15, -0.1) is 0 Å². The van der Waals surface area contributed by atoms with Crippen molar-refractivity contribution >= 4 is 27.5 Å². The quantitative estimate of drug-likeness (QED) is 0.745. The second kappa shape index (κ2) is 6.51. The third kappa shape index (κ3) is 3.33. The van der Waals surface area contributed by atoms with Crippen LogP contribution >= 0.6 is 27.5 Å². The SMILES string of the molecule is OC(CC1CCCc2ccccc21)c1cc(Cl)ccc1Br. The molecule has 2 aromatic rings. The van der Waals surface area contributed by atoms with Crippen LogP contribution in [0.4, 0.5) is 0 Å². The molecule has 0 aromatic heterocycles. The van der Waals surface area contributed by atoms with E-state index < -0.39 is 6.10 Å². The summed E-state index contributed by atoms with van der Waals surface area (Å²) in [5.41, 5.74) is 3.72. The Kier molecular flexibility index (Phi) is 4.68. The zero-order valence-electron chi connectivity index (χ0n) is 11.7. The van der Waals surface area contributed by atoms with Gasteiger partial charge < -0.3 is 5.11 Å². The van der Waals surface area contributed by atoms with Crippen LogP contribution in [0.15, 0.2) is 46.9 Å². The fourth-order valence-corrected chi connectivity index (χ4v) is 3.96. The number of hydrogen-bond acceptors (Lipinski definition) is 1. The minimum Gasteiger partial charge on any atom is -0.388 e. The summed E-state index contributed by atoms with van der Waals surface area (Å²) in [4.78, 5) is 0. The summed E-state index contributed by atoms with van der Waals surface area (Å²) in [6.45, 7) is 0. The molecule has 0 fully saturated rings. The van der Waals surface area contributed by atoms with Crippen LogP contribution in [-0.4, -0.2) is 5.11 Å². The van der Waals surface area contributed by atoms with E-state index in [2.05, 4.69) is 40.2 Å². The van der Waals surface area contributed by atoms with Gasteiger partial charge in [-0.05, 0) is 66.5 Å². The van der Waals surface area contributed by atoms with Crippen LogP contribution in [0.3, 0.4) is 0 Å². The van der Waals surface area contributed by atoms with Gasteiger partial charge >= 0.3 is 0 Å². The topological polar surface area (TPSA) is 20.2 Å². The standard InChI is InChI=1S/C18H18BrClO/c19-17-9-8-14(20)11-16(17)18(21)10-13-6-3-5-12-4-1-2-7-15(12)13/h1-2,4,7-9,11,13,18,21H,3,5-6,10H2. The first-order valence-corrected chi connectivity index (χ1v) is 8.53. The summed E-state index contributed by atoms with van der Waals surface area (Å²) in [5.74, 6) is 0.427. The highest BCUT2D eigenvalue weighted by molar-refractivity contribution is 9.10. The maximum atomic E-state index is 10.6. The number of halogens is 2. The highest BCUT2D eigenvalue weighted by atomic mass is 79.9. The highest BCUT2D eigenvalue weighted by Crippen LogP contribution is 2.39. The molecule has 2 atom stereocenters. The first kappa shape index (κ1) is 15.1. The zero-order valence-corrected chi connectivity index (χ0v) is 14.1. The lowest BCUT2D eigenvalue weighted by Crippen LogP contribution is -2.13. The van der Waals surface area contributed by atoms with Crippen molar-refractivity contribution in [2.24, 2.45) is 0 Å². The zero-order chi connectivity index (χ0) is 14.8. The first-order chi connectivity index (χ1) is 10.1. The number of aliphatic hydroxyl groups excluding tert-OH is 1. The molecule has 21 heavy (non-hydrogen) atoms. The van der Waals surface area contributed by atoms with Crippen LogP contribution in [-0.2, 0) is 6.42 Å². The lowest BCUT2D eigenvalue weighted by molar-refractivity contribution is 0.153. The summed E-state index contributed by atoms with van der Waals surface area (Å²) in [5, 5.41) is 11.3. The van der Waals surface area contributed by atoms with Gasteiger partial charge in [0.1, 0.15) is 0 Å². The second-order valence-electron chi connectivity index (χ2n) is 5.71. The van der Waals surface area contributed by atoms with Crippen LogP contribution in [0.1, 0.15) is 48.0 Å². The van der Waals surface area contributed by atoms with E-state index in [0.29, 0.717) is 10.9 Å². The van der Waals surface area contributed by atoms with Gasteiger partial charge in [-0.25, -0.2) is 0 Å². The highest BCUT2D eigenvalue weighted by Gasteiger charge is 2.24. The summed E-state index contributed by atoms with van der Waals surface area (Å²) in [6.07, 6.45) is 3.76. The molecule has 0 heterocycles. The Morgan fingerprint density at radius 1 is 1.24 bits per heavy atom. The Labute approximate surface area is 139 Å². The molecule has 3 rings (SSSR count). The number of aliphatic hydroxyl groups is 1. The fraction of sp³-hybridized carbons (Fsp3) is 0.333. The van der Waals surface area contributed by atoms with Gasteiger partial charge in [0.15, 0.2) is 0 Å². The number of rotatable bonds is 3. The molecule has 0 spiro atoms. The van der Waals surface area contributed by atoms with E-state index in [1.54, 1.807) is 0 Å². The minimum absolute atomic E-state index is 0.427. The van der Waals surface area contributed by atoms with Crippen molar-refractivity contribution in [1.82, 2.24) is 0 Å². The third-order valence-corrected chi connectivity index (χ3v) is 5.28. The lowest BCUT2D eigenvalue weighted by Gasteiger charge is -2.27. The van der Waals surface area contributed by atoms with Crippen molar-refractivity contribution in [3.05, 3.63) is 68.7 Å². The van der Waals surface area contributed by atoms with Gasteiger partial charge in [0.2, 0.25) is 0 Å². The van der Waals surface area contributed by atoms with E-state index >= 15 is 0 Å². The predicted octanol–water partition coefficient (Wildman–Crippen LogP) is 5.65. The lowest BCUT2D eigenvalue weighted by atomic mass is 9.79. The molecule has 1 nitrogen and oxygen atoms in total. The smallest absolute Gasteiger partial charge is 0.0807 e. The molecule has 0 amide bonds. The number of fused-ring (bicyclic) bond motifs is 1. The van der Waals surface area contributed by atoms with Crippen molar-refractivity contribution in [1.29, 1.82) is 0 Å². The fourth-order valence-electron chi connectivity index (χ4n) is 3.27. The second-order valence-corrected chi connectivity index (χ2v) is 7.00. The predicted molar refractivity (Wildman–Crippen MR) is 90.8 cm³/mol. The normalized spacial score (nSPS) is 19.1. The summed E-state index contributed by atoms with van der Waals surface area (Å²) in [7, 11) is 0. The van der Waals surface area contributed by atoms with Crippen molar-refractivity contribution < 1.29 is 5.11 Å². The average molecular weight is 366 g/mol. The number of aryl methyl sites for hydroxylation is 1. The van der Waals surface area contributed by atoms with E-state index in [1.807, 2.05) is 18.2 Å². The first-order valence-electron chi connectivity index (χ1n) is 7.36. The average Bonchev–Trinajstić information content (AvgIpc) is 2.50. The van der Waals surface area contributed by atoms with Gasteiger partial charge in [0.05, 0.1) is 6.10 Å². The molecule has 0 bridgehead atoms. The van der Waals surface area contributed by atoms with Crippen molar-refractivity contribution in [3.63, 3.8) is 0 Å². The van der Waals surface area contributed by atoms with Gasteiger partial charge in [0, 0.05) is 9.50 Å². The van der Waals surface area contributed by atoms with Gasteiger partial charge in [-0.1, -0.05) is 51.8 Å². The van der Waals surface area contributed by atoms with Gasteiger partial charge in [-0.3, -0.25) is 0 Å². The number of benzene rings is 2. The molecular formula is C18H18BrClO. The molecule has 2 unspecified atom stereocenters. The minimum atomic E-state index is -0.491. The van der Waals surface area contributed by atoms with Crippen LogP contribution in [0.2, 0.25) is 5.02 Å². The Bertz CT molecular complexity index is 641. The molecule has 1 aliphatic rings. The summed E-state index contributed by atoms with van der Waals surface area (Å²) >= 11 is 9.56.